The summed E-state index contributed by atoms with van der Waals surface area (Å²) in [6.45, 7) is 4.60. The molecule has 2 atom stereocenters. The van der Waals surface area contributed by atoms with Crippen molar-refractivity contribution in [3.8, 4) is 11.5 Å². The largest absolute Gasteiger partial charge is 0.486 e. The highest BCUT2D eigenvalue weighted by Crippen LogP contribution is 2.39. The standard InChI is InChI=1S/C17H16BrClO2/c1-10-8-13(19)11(2)7-12(10)17(18)16-9-20-14-5-3-4-6-15(14)21-16/h3-8,16-17H,9H2,1-2H3. The average Bonchev–Trinajstić information content (AvgIpc) is 2.50. The summed E-state index contributed by atoms with van der Waals surface area (Å²) in [5.41, 5.74) is 3.40. The van der Waals surface area contributed by atoms with Crippen molar-refractivity contribution in [1.29, 1.82) is 0 Å². The maximum absolute atomic E-state index is 6.17. The van der Waals surface area contributed by atoms with Crippen molar-refractivity contribution < 1.29 is 9.47 Å². The van der Waals surface area contributed by atoms with Crippen LogP contribution in [-0.2, 0) is 0 Å². The minimum absolute atomic E-state index is 0.0572. The van der Waals surface area contributed by atoms with E-state index in [1.54, 1.807) is 0 Å². The van der Waals surface area contributed by atoms with Gasteiger partial charge in [-0.25, -0.2) is 0 Å². The second-order valence-corrected chi connectivity index (χ2v) is 6.67. The van der Waals surface area contributed by atoms with Gasteiger partial charge in [0, 0.05) is 5.02 Å². The molecule has 0 aromatic heterocycles. The van der Waals surface area contributed by atoms with E-state index >= 15 is 0 Å². The topological polar surface area (TPSA) is 18.5 Å². The van der Waals surface area contributed by atoms with Gasteiger partial charge in [-0.05, 0) is 48.7 Å². The molecule has 2 unspecified atom stereocenters. The summed E-state index contributed by atoms with van der Waals surface area (Å²) in [5, 5.41) is 0.794. The quantitative estimate of drug-likeness (QED) is 0.676. The van der Waals surface area contributed by atoms with Crippen LogP contribution >= 0.6 is 27.5 Å². The van der Waals surface area contributed by atoms with Crippen LogP contribution in [0.4, 0.5) is 0 Å². The summed E-state index contributed by atoms with van der Waals surface area (Å²) in [6, 6.07) is 11.9. The van der Waals surface area contributed by atoms with Crippen LogP contribution in [0.2, 0.25) is 5.02 Å². The van der Waals surface area contributed by atoms with Crippen molar-refractivity contribution in [3.63, 3.8) is 0 Å². The lowest BCUT2D eigenvalue weighted by Crippen LogP contribution is -2.32. The Morgan fingerprint density at radius 3 is 2.62 bits per heavy atom. The third-order valence-electron chi connectivity index (χ3n) is 3.70. The third kappa shape index (κ3) is 2.90. The molecule has 21 heavy (non-hydrogen) atoms. The minimum atomic E-state index is -0.0702. The molecule has 4 heteroatoms. The molecule has 110 valence electrons. The number of halogens is 2. The van der Waals surface area contributed by atoms with Crippen LogP contribution in [0, 0.1) is 13.8 Å². The van der Waals surface area contributed by atoms with E-state index in [2.05, 4.69) is 28.9 Å². The van der Waals surface area contributed by atoms with Gasteiger partial charge in [-0.15, -0.1) is 0 Å². The fraction of sp³-hybridized carbons (Fsp3) is 0.294. The van der Waals surface area contributed by atoms with E-state index < -0.39 is 0 Å². The number of ether oxygens (including phenoxy) is 2. The molecule has 3 rings (SSSR count). The van der Waals surface area contributed by atoms with Gasteiger partial charge in [0.05, 0.1) is 4.83 Å². The molecule has 0 radical (unpaired) electrons. The molecule has 0 spiro atoms. The molecule has 1 aliphatic rings. The number of alkyl halides is 1. The van der Waals surface area contributed by atoms with Crippen LogP contribution in [0.25, 0.3) is 0 Å². The molecular formula is C17H16BrClO2. The molecule has 0 saturated heterocycles. The fourth-order valence-electron chi connectivity index (χ4n) is 2.48. The predicted molar refractivity (Wildman–Crippen MR) is 88.9 cm³/mol. The maximum Gasteiger partial charge on any atom is 0.161 e. The highest BCUT2D eigenvalue weighted by Gasteiger charge is 2.29. The number of fused-ring (bicyclic) bond motifs is 1. The molecule has 0 amide bonds. The Morgan fingerprint density at radius 2 is 1.86 bits per heavy atom. The van der Waals surface area contributed by atoms with Gasteiger partial charge in [-0.2, -0.15) is 0 Å². The lowest BCUT2D eigenvalue weighted by atomic mass is 9.99. The SMILES string of the molecule is Cc1cc(C(Br)C2COc3ccccc3O2)c(C)cc1Cl. The molecule has 2 nitrogen and oxygen atoms in total. The minimum Gasteiger partial charge on any atom is -0.486 e. The molecule has 0 bridgehead atoms. The number of para-hydroxylation sites is 2. The second kappa shape index (κ2) is 5.90. The molecule has 0 saturated carbocycles. The molecule has 2 aromatic rings. The Morgan fingerprint density at radius 1 is 1.14 bits per heavy atom. The van der Waals surface area contributed by atoms with E-state index in [-0.39, 0.29) is 10.9 Å². The van der Waals surface area contributed by atoms with E-state index in [1.807, 2.05) is 37.3 Å². The van der Waals surface area contributed by atoms with Gasteiger partial charge in [0.25, 0.3) is 0 Å². The first-order valence-electron chi connectivity index (χ1n) is 6.85. The van der Waals surface area contributed by atoms with Crippen molar-refractivity contribution in [2.45, 2.75) is 24.8 Å². The second-order valence-electron chi connectivity index (χ2n) is 5.27. The Balaban J connectivity index is 1.87. The fourth-order valence-corrected chi connectivity index (χ4v) is 3.45. The summed E-state index contributed by atoms with van der Waals surface area (Å²) in [6.07, 6.45) is -0.0702. The maximum atomic E-state index is 6.17. The first kappa shape index (κ1) is 14.7. The number of aryl methyl sites for hydroxylation is 2. The van der Waals surface area contributed by atoms with Gasteiger partial charge in [-0.3, -0.25) is 0 Å². The van der Waals surface area contributed by atoms with Gasteiger partial charge < -0.3 is 9.47 Å². The summed E-state index contributed by atoms with van der Waals surface area (Å²) in [7, 11) is 0. The van der Waals surface area contributed by atoms with E-state index in [4.69, 9.17) is 21.1 Å². The van der Waals surface area contributed by atoms with Crippen molar-refractivity contribution in [1.82, 2.24) is 0 Å². The lowest BCUT2D eigenvalue weighted by molar-refractivity contribution is 0.0903. The van der Waals surface area contributed by atoms with Crippen molar-refractivity contribution in [2.75, 3.05) is 6.61 Å². The Labute approximate surface area is 138 Å². The van der Waals surface area contributed by atoms with Gasteiger partial charge >= 0.3 is 0 Å². The number of hydrogen-bond acceptors (Lipinski definition) is 2. The summed E-state index contributed by atoms with van der Waals surface area (Å²) in [4.78, 5) is 0.0572. The number of hydrogen-bond donors (Lipinski definition) is 0. The zero-order valence-electron chi connectivity index (χ0n) is 11.9. The van der Waals surface area contributed by atoms with E-state index in [9.17, 15) is 0 Å². The number of rotatable bonds is 2. The first-order chi connectivity index (χ1) is 10.1. The van der Waals surface area contributed by atoms with Crippen LogP contribution in [0.5, 0.6) is 11.5 Å². The summed E-state index contributed by atoms with van der Waals surface area (Å²) >= 11 is 9.93. The van der Waals surface area contributed by atoms with Crippen LogP contribution in [0.3, 0.4) is 0 Å². The highest BCUT2D eigenvalue weighted by molar-refractivity contribution is 9.09. The van der Waals surface area contributed by atoms with E-state index in [0.29, 0.717) is 6.61 Å². The van der Waals surface area contributed by atoms with Crippen molar-refractivity contribution in [3.05, 3.63) is 58.1 Å². The van der Waals surface area contributed by atoms with Crippen LogP contribution in [-0.4, -0.2) is 12.7 Å². The normalized spacial score (nSPS) is 18.4. The van der Waals surface area contributed by atoms with E-state index in [1.165, 1.54) is 5.56 Å². The Kier molecular flexibility index (Phi) is 4.14. The van der Waals surface area contributed by atoms with Crippen molar-refractivity contribution >= 4 is 27.5 Å². The van der Waals surface area contributed by atoms with E-state index in [0.717, 1.165) is 27.6 Å². The smallest absolute Gasteiger partial charge is 0.161 e. The highest BCUT2D eigenvalue weighted by atomic mass is 79.9. The van der Waals surface area contributed by atoms with Crippen LogP contribution < -0.4 is 9.47 Å². The van der Waals surface area contributed by atoms with Crippen LogP contribution in [0.15, 0.2) is 36.4 Å². The summed E-state index contributed by atoms with van der Waals surface area (Å²) in [5.74, 6) is 1.60. The summed E-state index contributed by atoms with van der Waals surface area (Å²) < 4.78 is 11.9. The molecule has 0 fully saturated rings. The van der Waals surface area contributed by atoms with Crippen molar-refractivity contribution in [2.24, 2.45) is 0 Å². The van der Waals surface area contributed by atoms with Gasteiger partial charge in [0.2, 0.25) is 0 Å². The van der Waals surface area contributed by atoms with Gasteiger partial charge in [-0.1, -0.05) is 45.7 Å². The predicted octanol–water partition coefficient (Wildman–Crippen LogP) is 5.23. The Hall–Kier alpha value is -1.19. The molecule has 1 heterocycles. The average molecular weight is 368 g/mol. The first-order valence-corrected chi connectivity index (χ1v) is 8.15. The molecule has 0 aliphatic carbocycles. The Bertz CT molecular complexity index is 672. The molecule has 1 aliphatic heterocycles. The molecular weight excluding hydrogens is 352 g/mol. The van der Waals surface area contributed by atoms with Gasteiger partial charge in [0.1, 0.15) is 12.7 Å². The monoisotopic (exact) mass is 366 g/mol. The molecule has 0 N–H and O–H groups in total. The number of benzene rings is 2. The third-order valence-corrected chi connectivity index (χ3v) is 5.19. The lowest BCUT2D eigenvalue weighted by Gasteiger charge is -2.30. The molecule has 2 aromatic carbocycles. The van der Waals surface area contributed by atoms with Gasteiger partial charge in [0.15, 0.2) is 11.5 Å². The zero-order chi connectivity index (χ0) is 15.0. The zero-order valence-corrected chi connectivity index (χ0v) is 14.2. The van der Waals surface area contributed by atoms with Crippen LogP contribution in [0.1, 0.15) is 21.5 Å².